The molecule has 0 fully saturated rings. The molecule has 0 aliphatic carbocycles. The van der Waals surface area contributed by atoms with Crippen LogP contribution >= 0.6 is 23.2 Å². The molecule has 0 spiro atoms. The quantitative estimate of drug-likeness (QED) is 0.654. The maximum absolute atomic E-state index is 12.6. The molecule has 0 unspecified atom stereocenters. The molecule has 1 heterocycles. The summed E-state index contributed by atoms with van der Waals surface area (Å²) in [7, 11) is -3.82. The molecule has 0 saturated heterocycles. The van der Waals surface area contributed by atoms with Crippen LogP contribution in [0.15, 0.2) is 39.6 Å². The molecule has 0 atom stereocenters. The predicted molar refractivity (Wildman–Crippen MR) is 106 cm³/mol. The van der Waals surface area contributed by atoms with Gasteiger partial charge in [0, 0.05) is 13.1 Å². The number of carbonyl (C=O) groups is 1. The number of likely N-dealkylation sites (N-methyl/N-ethyl adjacent to an activating group) is 1. The number of benzene rings is 1. The van der Waals surface area contributed by atoms with Gasteiger partial charge in [-0.15, -0.1) is 0 Å². The minimum absolute atomic E-state index is 0.0448. The average Bonchev–Trinajstić information content (AvgIpc) is 3.06. The third-order valence-electron chi connectivity index (χ3n) is 4.06. The van der Waals surface area contributed by atoms with Crippen molar-refractivity contribution in [1.82, 2.24) is 10.2 Å². The second-order valence-electron chi connectivity index (χ2n) is 5.86. The van der Waals surface area contributed by atoms with Gasteiger partial charge in [0.2, 0.25) is 0 Å². The van der Waals surface area contributed by atoms with Gasteiger partial charge in [-0.3, -0.25) is 4.79 Å². The van der Waals surface area contributed by atoms with Crippen LogP contribution in [-0.2, 0) is 15.6 Å². The van der Waals surface area contributed by atoms with Crippen LogP contribution in [0.2, 0.25) is 10.0 Å². The van der Waals surface area contributed by atoms with Gasteiger partial charge in [0.15, 0.2) is 15.6 Å². The molecule has 27 heavy (non-hydrogen) atoms. The van der Waals surface area contributed by atoms with Crippen molar-refractivity contribution in [1.29, 1.82) is 0 Å². The van der Waals surface area contributed by atoms with Gasteiger partial charge in [-0.25, -0.2) is 8.42 Å². The smallest absolute Gasteiger partial charge is 0.287 e. The summed E-state index contributed by atoms with van der Waals surface area (Å²) in [6, 6.07) is 7.39. The summed E-state index contributed by atoms with van der Waals surface area (Å²) in [6.07, 6.45) is 0. The fourth-order valence-corrected chi connectivity index (χ4v) is 5.08. The molecule has 0 saturated carbocycles. The summed E-state index contributed by atoms with van der Waals surface area (Å²) in [5, 5.41) is 2.85. The van der Waals surface area contributed by atoms with Crippen LogP contribution in [0.1, 0.15) is 30.2 Å². The molecule has 1 aromatic carbocycles. The van der Waals surface area contributed by atoms with Gasteiger partial charge < -0.3 is 14.6 Å². The van der Waals surface area contributed by atoms with Crippen molar-refractivity contribution in [2.45, 2.75) is 24.5 Å². The van der Waals surface area contributed by atoms with Crippen LogP contribution in [0.4, 0.5) is 0 Å². The standard InChI is InChI=1S/C18H22Cl2N2O4S/c1-3-22(4-2)11-10-21-18(23)16-9-8-13(26-16)12-27(24,25)17-14(19)6-5-7-15(17)20/h5-9H,3-4,10-12H2,1-2H3,(H,21,23). The Morgan fingerprint density at radius 1 is 1.11 bits per heavy atom. The molecular formula is C18H22Cl2N2O4S. The van der Waals surface area contributed by atoms with E-state index in [4.69, 9.17) is 27.6 Å². The summed E-state index contributed by atoms with van der Waals surface area (Å²) in [6.45, 7) is 7.11. The fraction of sp³-hybridized carbons (Fsp3) is 0.389. The number of rotatable bonds is 9. The normalized spacial score (nSPS) is 11.7. The fourth-order valence-electron chi connectivity index (χ4n) is 2.57. The number of halogens is 2. The highest BCUT2D eigenvalue weighted by Gasteiger charge is 2.24. The minimum Gasteiger partial charge on any atom is -0.455 e. The summed E-state index contributed by atoms with van der Waals surface area (Å²) in [4.78, 5) is 14.2. The lowest BCUT2D eigenvalue weighted by Gasteiger charge is -2.17. The first-order chi connectivity index (χ1) is 12.8. The molecular weight excluding hydrogens is 411 g/mol. The van der Waals surface area contributed by atoms with Crippen molar-refractivity contribution in [3.05, 3.63) is 51.9 Å². The average molecular weight is 433 g/mol. The number of furan rings is 1. The highest BCUT2D eigenvalue weighted by Crippen LogP contribution is 2.31. The summed E-state index contributed by atoms with van der Waals surface area (Å²) >= 11 is 12.0. The van der Waals surface area contributed by atoms with Crippen molar-refractivity contribution in [3.63, 3.8) is 0 Å². The number of nitrogens with zero attached hydrogens (tertiary/aromatic N) is 1. The molecule has 6 nitrogen and oxygen atoms in total. The van der Waals surface area contributed by atoms with Crippen LogP contribution in [0.3, 0.4) is 0 Å². The minimum atomic E-state index is -3.82. The van der Waals surface area contributed by atoms with E-state index in [1.165, 1.54) is 24.3 Å². The largest absolute Gasteiger partial charge is 0.455 e. The van der Waals surface area contributed by atoms with Crippen molar-refractivity contribution in [2.24, 2.45) is 0 Å². The first-order valence-electron chi connectivity index (χ1n) is 8.54. The Hall–Kier alpha value is -1.54. The maximum Gasteiger partial charge on any atom is 0.287 e. The Morgan fingerprint density at radius 3 is 2.33 bits per heavy atom. The van der Waals surface area contributed by atoms with Crippen LogP contribution in [0.5, 0.6) is 0 Å². The lowest BCUT2D eigenvalue weighted by Crippen LogP contribution is -2.34. The van der Waals surface area contributed by atoms with Gasteiger partial charge in [-0.05, 0) is 37.4 Å². The van der Waals surface area contributed by atoms with Gasteiger partial charge >= 0.3 is 0 Å². The Labute approximate surface area is 169 Å². The first-order valence-corrected chi connectivity index (χ1v) is 10.9. The number of hydrogen-bond donors (Lipinski definition) is 1. The SMILES string of the molecule is CCN(CC)CCNC(=O)c1ccc(CS(=O)(=O)c2c(Cl)cccc2Cl)o1. The van der Waals surface area contributed by atoms with E-state index >= 15 is 0 Å². The Morgan fingerprint density at radius 2 is 1.74 bits per heavy atom. The summed E-state index contributed by atoms with van der Waals surface area (Å²) in [5.74, 6) is -0.630. The Balaban J connectivity index is 2.04. The maximum atomic E-state index is 12.6. The highest BCUT2D eigenvalue weighted by atomic mass is 35.5. The van der Waals surface area contributed by atoms with Gasteiger partial charge in [-0.1, -0.05) is 43.1 Å². The molecule has 2 rings (SSSR count). The Bertz CT molecular complexity index is 872. The zero-order valence-corrected chi connectivity index (χ0v) is 17.5. The first kappa shape index (κ1) is 21.8. The highest BCUT2D eigenvalue weighted by molar-refractivity contribution is 7.90. The van der Waals surface area contributed by atoms with Crippen molar-refractivity contribution < 1.29 is 17.6 Å². The lowest BCUT2D eigenvalue weighted by molar-refractivity contribution is 0.0919. The molecule has 0 radical (unpaired) electrons. The van der Waals surface area contributed by atoms with Crippen molar-refractivity contribution in [3.8, 4) is 0 Å². The monoisotopic (exact) mass is 432 g/mol. The number of sulfone groups is 1. The van der Waals surface area contributed by atoms with E-state index in [1.54, 1.807) is 6.07 Å². The van der Waals surface area contributed by atoms with E-state index < -0.39 is 15.6 Å². The summed E-state index contributed by atoms with van der Waals surface area (Å²) in [5.41, 5.74) is 0. The molecule has 9 heteroatoms. The molecule has 1 N–H and O–H groups in total. The van der Waals surface area contributed by atoms with Crippen molar-refractivity contribution >= 4 is 38.9 Å². The van der Waals surface area contributed by atoms with E-state index in [-0.39, 0.29) is 32.4 Å². The second-order valence-corrected chi connectivity index (χ2v) is 8.60. The van der Waals surface area contributed by atoms with Gasteiger partial charge in [-0.2, -0.15) is 0 Å². The molecule has 148 valence electrons. The van der Waals surface area contributed by atoms with E-state index in [0.29, 0.717) is 6.54 Å². The van der Waals surface area contributed by atoms with E-state index in [1.807, 2.05) is 0 Å². The van der Waals surface area contributed by atoms with Crippen LogP contribution in [-0.4, -0.2) is 45.4 Å². The van der Waals surface area contributed by atoms with Gasteiger partial charge in [0.1, 0.15) is 16.4 Å². The molecule has 1 amide bonds. The van der Waals surface area contributed by atoms with E-state index in [0.717, 1.165) is 19.6 Å². The number of hydrogen-bond acceptors (Lipinski definition) is 5. The number of carbonyl (C=O) groups excluding carboxylic acids is 1. The molecule has 1 aromatic heterocycles. The Kier molecular flexibility index (Phi) is 7.73. The van der Waals surface area contributed by atoms with Crippen LogP contribution in [0.25, 0.3) is 0 Å². The molecule has 2 aromatic rings. The van der Waals surface area contributed by atoms with Crippen molar-refractivity contribution in [2.75, 3.05) is 26.2 Å². The molecule has 0 bridgehead atoms. The number of amides is 1. The van der Waals surface area contributed by atoms with E-state index in [9.17, 15) is 13.2 Å². The zero-order chi connectivity index (χ0) is 20.0. The third-order valence-corrected chi connectivity index (χ3v) is 6.64. The third kappa shape index (κ3) is 5.72. The second kappa shape index (κ2) is 9.59. The van der Waals surface area contributed by atoms with Gasteiger partial charge in [0.25, 0.3) is 5.91 Å². The van der Waals surface area contributed by atoms with Gasteiger partial charge in [0.05, 0.1) is 10.0 Å². The van der Waals surface area contributed by atoms with Crippen LogP contribution in [0, 0.1) is 0 Å². The van der Waals surface area contributed by atoms with E-state index in [2.05, 4.69) is 24.1 Å². The predicted octanol–water partition coefficient (Wildman–Crippen LogP) is 3.63. The summed E-state index contributed by atoms with van der Waals surface area (Å²) < 4.78 is 30.6. The topological polar surface area (TPSA) is 79.6 Å². The molecule has 0 aliphatic rings. The number of nitrogens with one attached hydrogen (secondary N) is 1. The van der Waals surface area contributed by atoms with Crippen LogP contribution < -0.4 is 5.32 Å². The molecule has 0 aliphatic heterocycles. The lowest BCUT2D eigenvalue weighted by atomic mass is 10.4. The zero-order valence-electron chi connectivity index (χ0n) is 15.2.